The molecule has 0 saturated heterocycles. The van der Waals surface area contributed by atoms with E-state index in [9.17, 15) is 4.79 Å². The van der Waals surface area contributed by atoms with Crippen LogP contribution in [-0.2, 0) is 16.1 Å². The Morgan fingerprint density at radius 2 is 2.33 bits per heavy atom. The van der Waals surface area contributed by atoms with Gasteiger partial charge in [-0.05, 0) is 19.2 Å². The lowest BCUT2D eigenvalue weighted by molar-refractivity contribution is -0.122. The van der Waals surface area contributed by atoms with E-state index in [2.05, 4.69) is 10.3 Å². The number of methoxy groups -OCH3 is 1. The van der Waals surface area contributed by atoms with E-state index < -0.39 is 0 Å². The number of pyridine rings is 1. The molecule has 0 aromatic carbocycles. The van der Waals surface area contributed by atoms with Gasteiger partial charge in [-0.25, -0.2) is 0 Å². The van der Waals surface area contributed by atoms with Crippen LogP contribution < -0.4 is 5.32 Å². The molecular formula is C12H19N3O3. The van der Waals surface area contributed by atoms with Crippen LogP contribution in [0.1, 0.15) is 5.69 Å². The number of likely N-dealkylation sites (N-methyl/N-ethyl adjacent to an activating group) is 1. The molecule has 18 heavy (non-hydrogen) atoms. The summed E-state index contributed by atoms with van der Waals surface area (Å²) in [5, 5.41) is 11.8. The number of carbonyl (C=O) groups excluding carboxylic acids is 1. The van der Waals surface area contributed by atoms with Crippen LogP contribution >= 0.6 is 0 Å². The SMILES string of the molecule is COCCNC(=O)CN(C)Cc1ccc(O)cn1. The van der Waals surface area contributed by atoms with Crippen LogP contribution in [0, 0.1) is 0 Å². The fourth-order valence-electron chi connectivity index (χ4n) is 1.44. The third kappa shape index (κ3) is 5.60. The first-order valence-corrected chi connectivity index (χ1v) is 5.70. The molecule has 6 heteroatoms. The second kappa shape index (κ2) is 7.62. The molecule has 0 aliphatic carbocycles. The number of aromatic nitrogens is 1. The minimum absolute atomic E-state index is 0.0478. The number of aromatic hydroxyl groups is 1. The minimum atomic E-state index is -0.0478. The third-order valence-corrected chi connectivity index (χ3v) is 2.28. The lowest BCUT2D eigenvalue weighted by Crippen LogP contribution is -2.36. The monoisotopic (exact) mass is 253 g/mol. The van der Waals surface area contributed by atoms with Gasteiger partial charge >= 0.3 is 0 Å². The average molecular weight is 253 g/mol. The number of hydrogen-bond acceptors (Lipinski definition) is 5. The first-order valence-electron chi connectivity index (χ1n) is 5.70. The number of hydrogen-bond donors (Lipinski definition) is 2. The van der Waals surface area contributed by atoms with Crippen molar-refractivity contribution in [3.05, 3.63) is 24.0 Å². The first-order chi connectivity index (χ1) is 8.61. The normalized spacial score (nSPS) is 10.6. The van der Waals surface area contributed by atoms with Gasteiger partial charge in [0.1, 0.15) is 5.75 Å². The second-order valence-electron chi connectivity index (χ2n) is 4.02. The summed E-state index contributed by atoms with van der Waals surface area (Å²) < 4.78 is 4.84. The molecule has 1 heterocycles. The van der Waals surface area contributed by atoms with E-state index >= 15 is 0 Å². The average Bonchev–Trinajstić information content (AvgIpc) is 2.32. The van der Waals surface area contributed by atoms with Crippen LogP contribution in [0.4, 0.5) is 0 Å². The van der Waals surface area contributed by atoms with Crippen molar-refractivity contribution < 1.29 is 14.6 Å². The highest BCUT2D eigenvalue weighted by molar-refractivity contribution is 5.77. The molecule has 6 nitrogen and oxygen atoms in total. The number of nitrogens with one attached hydrogen (secondary N) is 1. The number of nitrogens with zero attached hydrogens (tertiary/aromatic N) is 2. The Labute approximate surface area is 107 Å². The summed E-state index contributed by atoms with van der Waals surface area (Å²) in [6.07, 6.45) is 1.39. The highest BCUT2D eigenvalue weighted by Crippen LogP contribution is 2.07. The van der Waals surface area contributed by atoms with Crippen molar-refractivity contribution in [2.24, 2.45) is 0 Å². The number of ether oxygens (including phenoxy) is 1. The zero-order valence-electron chi connectivity index (χ0n) is 10.7. The van der Waals surface area contributed by atoms with Crippen LogP contribution in [0.2, 0.25) is 0 Å². The Hall–Kier alpha value is -1.66. The Balaban J connectivity index is 2.30. The molecule has 0 spiro atoms. The molecule has 0 fully saturated rings. The topological polar surface area (TPSA) is 74.7 Å². The van der Waals surface area contributed by atoms with Gasteiger partial charge in [0.05, 0.1) is 25.0 Å². The van der Waals surface area contributed by atoms with E-state index in [1.165, 1.54) is 6.20 Å². The van der Waals surface area contributed by atoms with Gasteiger partial charge in [-0.1, -0.05) is 0 Å². The maximum Gasteiger partial charge on any atom is 0.234 e. The third-order valence-electron chi connectivity index (χ3n) is 2.28. The van der Waals surface area contributed by atoms with Gasteiger partial charge in [0, 0.05) is 20.2 Å². The summed E-state index contributed by atoms with van der Waals surface area (Å²) in [4.78, 5) is 17.4. The van der Waals surface area contributed by atoms with Crippen molar-refractivity contribution in [3.63, 3.8) is 0 Å². The number of amides is 1. The molecule has 1 amide bonds. The molecule has 0 aliphatic heterocycles. The maximum atomic E-state index is 11.5. The molecule has 0 radical (unpaired) electrons. The van der Waals surface area contributed by atoms with Crippen LogP contribution in [0.15, 0.2) is 18.3 Å². The van der Waals surface area contributed by atoms with Crippen LogP contribution in [0.25, 0.3) is 0 Å². The fraction of sp³-hybridized carbons (Fsp3) is 0.500. The predicted octanol–water partition coefficient (Wildman–Crippen LogP) is -0.0184. The van der Waals surface area contributed by atoms with Crippen LogP contribution in [-0.4, -0.2) is 54.8 Å². The number of rotatable bonds is 7. The molecule has 0 saturated carbocycles. The predicted molar refractivity (Wildman–Crippen MR) is 67.1 cm³/mol. The Morgan fingerprint density at radius 1 is 1.56 bits per heavy atom. The molecule has 0 aliphatic rings. The molecule has 1 aromatic rings. The number of carbonyl (C=O) groups is 1. The van der Waals surface area contributed by atoms with Gasteiger partial charge in [-0.3, -0.25) is 14.7 Å². The van der Waals surface area contributed by atoms with Gasteiger partial charge < -0.3 is 15.2 Å². The van der Waals surface area contributed by atoms with Crippen LogP contribution in [0.3, 0.4) is 0 Å². The molecule has 0 bridgehead atoms. The van der Waals surface area contributed by atoms with Gasteiger partial charge in [-0.2, -0.15) is 0 Å². The summed E-state index contributed by atoms with van der Waals surface area (Å²) in [6, 6.07) is 3.31. The molecule has 1 rings (SSSR count). The molecular weight excluding hydrogens is 234 g/mol. The van der Waals surface area contributed by atoms with Crippen molar-refractivity contribution >= 4 is 5.91 Å². The van der Waals surface area contributed by atoms with Gasteiger partial charge in [-0.15, -0.1) is 0 Å². The zero-order valence-corrected chi connectivity index (χ0v) is 10.7. The standard InChI is InChI=1S/C12H19N3O3/c1-15(9-12(17)13-5-6-18-2)8-10-3-4-11(16)7-14-10/h3-4,7,16H,5-6,8-9H2,1-2H3,(H,13,17). The van der Waals surface area contributed by atoms with Crippen molar-refractivity contribution in [1.82, 2.24) is 15.2 Å². The molecule has 2 N–H and O–H groups in total. The molecule has 0 unspecified atom stereocenters. The smallest absolute Gasteiger partial charge is 0.234 e. The van der Waals surface area contributed by atoms with Crippen molar-refractivity contribution in [3.8, 4) is 5.75 Å². The molecule has 0 atom stereocenters. The first kappa shape index (κ1) is 14.4. The summed E-state index contributed by atoms with van der Waals surface area (Å²) in [5.74, 6) is 0.0899. The highest BCUT2D eigenvalue weighted by Gasteiger charge is 2.07. The molecule has 100 valence electrons. The lowest BCUT2D eigenvalue weighted by Gasteiger charge is -2.15. The highest BCUT2D eigenvalue weighted by atomic mass is 16.5. The summed E-state index contributed by atoms with van der Waals surface area (Å²) in [5.41, 5.74) is 0.806. The van der Waals surface area contributed by atoms with E-state index in [0.29, 0.717) is 26.2 Å². The second-order valence-corrected chi connectivity index (χ2v) is 4.02. The van der Waals surface area contributed by atoms with E-state index in [4.69, 9.17) is 9.84 Å². The maximum absolute atomic E-state index is 11.5. The Bertz CT molecular complexity index is 367. The fourth-order valence-corrected chi connectivity index (χ4v) is 1.44. The quantitative estimate of drug-likeness (QED) is 0.668. The van der Waals surface area contributed by atoms with E-state index in [1.807, 2.05) is 11.9 Å². The molecule has 1 aromatic heterocycles. The van der Waals surface area contributed by atoms with E-state index in [0.717, 1.165) is 5.69 Å². The van der Waals surface area contributed by atoms with E-state index in [1.54, 1.807) is 19.2 Å². The largest absolute Gasteiger partial charge is 0.506 e. The minimum Gasteiger partial charge on any atom is -0.506 e. The zero-order chi connectivity index (χ0) is 13.4. The summed E-state index contributed by atoms with van der Waals surface area (Å²) >= 11 is 0. The Kier molecular flexibility index (Phi) is 6.10. The van der Waals surface area contributed by atoms with Crippen LogP contribution in [0.5, 0.6) is 5.75 Å². The van der Waals surface area contributed by atoms with Crippen molar-refractivity contribution in [2.45, 2.75) is 6.54 Å². The summed E-state index contributed by atoms with van der Waals surface area (Å²) in [7, 11) is 3.43. The van der Waals surface area contributed by atoms with Crippen molar-refractivity contribution in [2.75, 3.05) is 33.9 Å². The van der Waals surface area contributed by atoms with Crippen molar-refractivity contribution in [1.29, 1.82) is 0 Å². The summed E-state index contributed by atoms with van der Waals surface area (Å²) in [6.45, 7) is 1.87. The van der Waals surface area contributed by atoms with Gasteiger partial charge in [0.2, 0.25) is 5.91 Å². The van der Waals surface area contributed by atoms with E-state index in [-0.39, 0.29) is 11.7 Å². The van der Waals surface area contributed by atoms with Gasteiger partial charge in [0.15, 0.2) is 0 Å². The lowest BCUT2D eigenvalue weighted by atomic mass is 10.3. The van der Waals surface area contributed by atoms with Gasteiger partial charge in [0.25, 0.3) is 0 Å². The Morgan fingerprint density at radius 3 is 2.94 bits per heavy atom.